The van der Waals surface area contributed by atoms with Gasteiger partial charge in [0.1, 0.15) is 6.61 Å². The van der Waals surface area contributed by atoms with Gasteiger partial charge in [-0.2, -0.15) is 0 Å². The van der Waals surface area contributed by atoms with Crippen molar-refractivity contribution in [1.82, 2.24) is 4.90 Å². The van der Waals surface area contributed by atoms with Crippen LogP contribution in [0.5, 0.6) is 0 Å². The Balaban J connectivity index is 1.42. The van der Waals surface area contributed by atoms with E-state index in [2.05, 4.69) is 0 Å². The average molecular weight is 305 g/mol. The predicted octanol–water partition coefficient (Wildman–Crippen LogP) is 0.938. The molecule has 0 radical (unpaired) electrons. The average Bonchev–Trinajstić information content (AvgIpc) is 2.56. The maximum absolute atomic E-state index is 12.1. The Hall–Kier alpha value is -1.43. The van der Waals surface area contributed by atoms with Gasteiger partial charge >= 0.3 is 0 Å². The Labute approximate surface area is 130 Å². The predicted molar refractivity (Wildman–Crippen MR) is 81.0 cm³/mol. The summed E-state index contributed by atoms with van der Waals surface area (Å²) in [7, 11) is 0. The Morgan fingerprint density at radius 2 is 1.82 bits per heavy atom. The molecule has 2 atom stereocenters. The number of benzene rings is 1. The number of hydrogen-bond donors (Lipinski definition) is 2. The van der Waals surface area contributed by atoms with E-state index in [9.17, 15) is 15.0 Å². The second-order valence-corrected chi connectivity index (χ2v) is 6.36. The number of likely N-dealkylation sites (tertiary alicyclic amines) is 1. The van der Waals surface area contributed by atoms with Crippen LogP contribution in [0.2, 0.25) is 0 Å². The Morgan fingerprint density at radius 3 is 2.41 bits per heavy atom. The van der Waals surface area contributed by atoms with Crippen LogP contribution in [0.25, 0.3) is 0 Å². The highest BCUT2D eigenvalue weighted by Gasteiger charge is 2.55. The lowest BCUT2D eigenvalue weighted by atomic mass is 9.58. The number of ether oxygens (including phenoxy) is 1. The first-order chi connectivity index (χ1) is 10.6. The zero-order chi connectivity index (χ0) is 15.6. The van der Waals surface area contributed by atoms with Gasteiger partial charge in [-0.3, -0.25) is 4.79 Å². The van der Waals surface area contributed by atoms with Crippen molar-refractivity contribution in [3.05, 3.63) is 35.9 Å². The maximum Gasteiger partial charge on any atom is 0.248 e. The number of carbonyl (C=O) groups excluding carboxylic acids is 1. The van der Waals surface area contributed by atoms with Crippen molar-refractivity contribution in [3.63, 3.8) is 0 Å². The summed E-state index contributed by atoms with van der Waals surface area (Å²) in [6.07, 6.45) is 0.955. The monoisotopic (exact) mass is 305 g/mol. The molecule has 1 aliphatic heterocycles. The van der Waals surface area contributed by atoms with E-state index < -0.39 is 12.2 Å². The molecule has 1 aromatic rings. The van der Waals surface area contributed by atoms with Crippen molar-refractivity contribution in [1.29, 1.82) is 0 Å². The van der Waals surface area contributed by atoms with Crippen LogP contribution in [0, 0.1) is 5.41 Å². The van der Waals surface area contributed by atoms with Crippen LogP contribution in [0.4, 0.5) is 0 Å². The molecule has 3 rings (SSSR count). The van der Waals surface area contributed by atoms with E-state index in [1.54, 1.807) is 4.90 Å². The normalized spacial score (nSPS) is 26.7. The highest BCUT2D eigenvalue weighted by atomic mass is 16.5. The van der Waals surface area contributed by atoms with Gasteiger partial charge in [-0.05, 0) is 18.4 Å². The number of aliphatic hydroxyl groups excluding tert-OH is 2. The summed E-state index contributed by atoms with van der Waals surface area (Å²) in [6, 6.07) is 9.77. The lowest BCUT2D eigenvalue weighted by molar-refractivity contribution is -0.192. The fraction of sp³-hybridized carbons (Fsp3) is 0.588. The third-order valence-corrected chi connectivity index (χ3v) is 5.16. The van der Waals surface area contributed by atoms with Crippen LogP contribution in [0.3, 0.4) is 0 Å². The summed E-state index contributed by atoms with van der Waals surface area (Å²) in [5, 5.41) is 19.8. The van der Waals surface area contributed by atoms with Gasteiger partial charge in [-0.25, -0.2) is 0 Å². The molecule has 1 aliphatic carbocycles. The zero-order valence-corrected chi connectivity index (χ0v) is 12.6. The minimum absolute atomic E-state index is 0.0194. The van der Waals surface area contributed by atoms with E-state index in [-0.39, 0.29) is 17.9 Å². The molecular weight excluding hydrogens is 282 g/mol. The number of amides is 1. The molecule has 0 unspecified atom stereocenters. The van der Waals surface area contributed by atoms with Crippen molar-refractivity contribution >= 4 is 5.91 Å². The standard InChI is InChI=1S/C17H23NO4/c19-14-10-15(20)17(14)6-8-18(9-7-17)16(21)12-22-11-13-4-2-1-3-5-13/h1-5,14-15,19-20H,6-12H2/t14-,15+. The number of rotatable bonds is 4. The fourth-order valence-electron chi connectivity index (χ4n) is 3.50. The third-order valence-electron chi connectivity index (χ3n) is 5.16. The zero-order valence-electron chi connectivity index (χ0n) is 12.6. The smallest absolute Gasteiger partial charge is 0.248 e. The molecule has 120 valence electrons. The first-order valence-electron chi connectivity index (χ1n) is 7.87. The number of nitrogens with zero attached hydrogens (tertiary/aromatic N) is 1. The maximum atomic E-state index is 12.1. The van der Waals surface area contributed by atoms with Gasteiger partial charge in [0.15, 0.2) is 0 Å². The first kappa shape index (κ1) is 15.5. The Kier molecular flexibility index (Phi) is 4.47. The van der Waals surface area contributed by atoms with Crippen molar-refractivity contribution < 1.29 is 19.7 Å². The van der Waals surface area contributed by atoms with Gasteiger partial charge in [0, 0.05) is 24.9 Å². The molecule has 2 aliphatic rings. The van der Waals surface area contributed by atoms with E-state index in [0.717, 1.165) is 5.56 Å². The van der Waals surface area contributed by atoms with Gasteiger partial charge in [-0.15, -0.1) is 0 Å². The first-order valence-corrected chi connectivity index (χ1v) is 7.87. The summed E-state index contributed by atoms with van der Waals surface area (Å²) in [5.41, 5.74) is 0.676. The van der Waals surface area contributed by atoms with E-state index in [4.69, 9.17) is 4.74 Å². The molecule has 1 amide bonds. The van der Waals surface area contributed by atoms with E-state index in [1.165, 1.54) is 0 Å². The molecule has 5 nitrogen and oxygen atoms in total. The molecule has 1 spiro atoms. The van der Waals surface area contributed by atoms with E-state index in [1.807, 2.05) is 30.3 Å². The van der Waals surface area contributed by atoms with Gasteiger partial charge in [0.05, 0.1) is 18.8 Å². The van der Waals surface area contributed by atoms with Crippen molar-refractivity contribution in [3.8, 4) is 0 Å². The number of aliphatic hydroxyl groups is 2. The molecule has 2 fully saturated rings. The van der Waals surface area contributed by atoms with Crippen LogP contribution in [-0.4, -0.2) is 52.9 Å². The van der Waals surface area contributed by atoms with Crippen LogP contribution < -0.4 is 0 Å². The van der Waals surface area contributed by atoms with E-state index in [0.29, 0.717) is 39.0 Å². The molecule has 22 heavy (non-hydrogen) atoms. The second-order valence-electron chi connectivity index (χ2n) is 6.36. The Bertz CT molecular complexity index is 501. The van der Waals surface area contributed by atoms with Gasteiger partial charge in [0.2, 0.25) is 5.91 Å². The third kappa shape index (κ3) is 2.89. The molecule has 0 bridgehead atoms. The van der Waals surface area contributed by atoms with Crippen molar-refractivity contribution in [2.24, 2.45) is 5.41 Å². The molecule has 1 saturated carbocycles. The van der Waals surface area contributed by atoms with Crippen LogP contribution in [-0.2, 0) is 16.1 Å². The number of hydrogen-bond acceptors (Lipinski definition) is 4. The fourth-order valence-corrected chi connectivity index (χ4v) is 3.50. The highest BCUT2D eigenvalue weighted by Crippen LogP contribution is 2.49. The molecule has 1 aromatic carbocycles. The van der Waals surface area contributed by atoms with Gasteiger partial charge in [-0.1, -0.05) is 30.3 Å². The van der Waals surface area contributed by atoms with Crippen molar-refractivity contribution in [2.75, 3.05) is 19.7 Å². The molecule has 0 aromatic heterocycles. The van der Waals surface area contributed by atoms with Crippen LogP contribution in [0.1, 0.15) is 24.8 Å². The SMILES string of the molecule is O=C(COCc1ccccc1)N1CCC2(CC1)[C@H](O)C[C@@H]2O. The molecule has 1 saturated heterocycles. The lowest BCUT2D eigenvalue weighted by Gasteiger charge is -2.54. The largest absolute Gasteiger partial charge is 0.392 e. The van der Waals surface area contributed by atoms with Gasteiger partial charge in [0.25, 0.3) is 0 Å². The van der Waals surface area contributed by atoms with Gasteiger partial charge < -0.3 is 19.8 Å². The number of piperidine rings is 1. The Morgan fingerprint density at radius 1 is 1.18 bits per heavy atom. The summed E-state index contributed by atoms with van der Waals surface area (Å²) in [4.78, 5) is 13.9. The lowest BCUT2D eigenvalue weighted by Crippen LogP contribution is -2.62. The summed E-state index contributed by atoms with van der Waals surface area (Å²) in [5.74, 6) is -0.0194. The van der Waals surface area contributed by atoms with Crippen molar-refractivity contribution in [2.45, 2.75) is 38.1 Å². The second kappa shape index (κ2) is 6.36. The quantitative estimate of drug-likeness (QED) is 0.868. The summed E-state index contributed by atoms with van der Waals surface area (Å²) < 4.78 is 5.48. The summed E-state index contributed by atoms with van der Waals surface area (Å²) in [6.45, 7) is 1.68. The van der Waals surface area contributed by atoms with E-state index >= 15 is 0 Å². The van der Waals surface area contributed by atoms with Crippen LogP contribution in [0.15, 0.2) is 30.3 Å². The molecule has 5 heteroatoms. The number of carbonyl (C=O) groups is 1. The van der Waals surface area contributed by atoms with Crippen LogP contribution >= 0.6 is 0 Å². The highest BCUT2D eigenvalue weighted by molar-refractivity contribution is 5.77. The molecule has 2 N–H and O–H groups in total. The molecular formula is C17H23NO4. The minimum Gasteiger partial charge on any atom is -0.392 e. The topological polar surface area (TPSA) is 70.0 Å². The molecule has 1 heterocycles. The summed E-state index contributed by atoms with van der Waals surface area (Å²) >= 11 is 0. The minimum atomic E-state index is -0.422.